The molecule has 0 spiro atoms. The van der Waals surface area contributed by atoms with Crippen LogP contribution in [0.1, 0.15) is 5.56 Å². The third kappa shape index (κ3) is 2.22. The number of hydrogen-bond acceptors (Lipinski definition) is 3. The van der Waals surface area contributed by atoms with Crippen molar-refractivity contribution in [2.75, 3.05) is 0 Å². The number of nitrogens with two attached hydrogens (primary N) is 1. The van der Waals surface area contributed by atoms with Gasteiger partial charge in [0.25, 0.3) is 5.91 Å². The normalized spacial score (nSPS) is 8.42. The summed E-state index contributed by atoms with van der Waals surface area (Å²) in [6, 6.07) is 0. The van der Waals surface area contributed by atoms with Gasteiger partial charge < -0.3 is 5.73 Å². The molecule has 0 fully saturated rings. The number of amides is 1. The van der Waals surface area contributed by atoms with E-state index in [0.717, 1.165) is 0 Å². The zero-order chi connectivity index (χ0) is 8.97. The van der Waals surface area contributed by atoms with Crippen molar-refractivity contribution in [3.8, 4) is 11.8 Å². The number of rotatable bonds is 0. The molecule has 0 unspecified atom stereocenters. The Morgan fingerprint density at radius 1 is 1.67 bits per heavy atom. The number of carbonyl (C=O) groups is 1. The average molecular weight is 182 g/mol. The smallest absolute Gasteiger partial charge is 0.293 e. The minimum atomic E-state index is -0.713. The Labute approximate surface area is 73.8 Å². The molecule has 0 radical (unpaired) electrons. The Hall–Kier alpha value is -1.60. The summed E-state index contributed by atoms with van der Waals surface area (Å²) in [6.07, 6.45) is 2.70. The highest BCUT2D eigenvalue weighted by molar-refractivity contribution is 6.30. The summed E-state index contributed by atoms with van der Waals surface area (Å²) >= 11 is 5.60. The second-order valence-electron chi connectivity index (χ2n) is 1.84. The maximum absolute atomic E-state index is 10.2. The number of aromatic nitrogens is 2. The van der Waals surface area contributed by atoms with Crippen molar-refractivity contribution in [2.45, 2.75) is 0 Å². The lowest BCUT2D eigenvalue weighted by molar-refractivity contribution is -0.112. The zero-order valence-electron chi connectivity index (χ0n) is 5.91. The minimum absolute atomic E-state index is 0.207. The van der Waals surface area contributed by atoms with Gasteiger partial charge in [-0.05, 0) is 0 Å². The summed E-state index contributed by atoms with van der Waals surface area (Å²) in [5.74, 6) is 3.84. The van der Waals surface area contributed by atoms with Gasteiger partial charge in [-0.3, -0.25) is 4.79 Å². The van der Waals surface area contributed by atoms with Gasteiger partial charge in [0.15, 0.2) is 0 Å². The average Bonchev–Trinajstić information content (AvgIpc) is 2.03. The zero-order valence-corrected chi connectivity index (χ0v) is 6.67. The highest BCUT2D eigenvalue weighted by Gasteiger charge is 1.95. The second-order valence-corrected chi connectivity index (χ2v) is 2.20. The van der Waals surface area contributed by atoms with E-state index in [9.17, 15) is 4.79 Å². The summed E-state index contributed by atoms with van der Waals surface area (Å²) in [5, 5.41) is 0.207. The first-order chi connectivity index (χ1) is 5.70. The standard InChI is InChI=1S/C7H4ClN3O/c8-7-5(1-2-6(9)12)3-10-4-11-7/h3-4H,(H2,9,12). The Morgan fingerprint density at radius 3 is 3.00 bits per heavy atom. The fraction of sp³-hybridized carbons (Fsp3) is 0. The lowest BCUT2D eigenvalue weighted by atomic mass is 10.3. The molecular formula is C7H4ClN3O. The van der Waals surface area contributed by atoms with Gasteiger partial charge >= 0.3 is 0 Å². The van der Waals surface area contributed by atoms with Crippen LogP contribution in [0.2, 0.25) is 5.15 Å². The molecule has 1 heterocycles. The molecule has 1 rings (SSSR count). The molecule has 5 heteroatoms. The molecule has 1 aromatic heterocycles. The number of carbonyl (C=O) groups excluding carboxylic acids is 1. The van der Waals surface area contributed by atoms with Crippen molar-refractivity contribution in [3.05, 3.63) is 23.2 Å². The molecule has 0 saturated carbocycles. The molecule has 0 aliphatic heterocycles. The van der Waals surface area contributed by atoms with E-state index in [-0.39, 0.29) is 5.15 Å². The first-order valence-corrected chi connectivity index (χ1v) is 3.35. The van der Waals surface area contributed by atoms with E-state index < -0.39 is 5.91 Å². The van der Waals surface area contributed by atoms with Crippen LogP contribution in [0.15, 0.2) is 12.5 Å². The van der Waals surface area contributed by atoms with Crippen LogP contribution < -0.4 is 5.73 Å². The quantitative estimate of drug-likeness (QED) is 0.451. The fourth-order valence-electron chi connectivity index (χ4n) is 0.527. The van der Waals surface area contributed by atoms with E-state index >= 15 is 0 Å². The summed E-state index contributed by atoms with van der Waals surface area (Å²) in [4.78, 5) is 17.6. The second kappa shape index (κ2) is 3.69. The summed E-state index contributed by atoms with van der Waals surface area (Å²) in [6.45, 7) is 0. The molecule has 0 aromatic carbocycles. The summed E-state index contributed by atoms with van der Waals surface area (Å²) in [7, 11) is 0. The lowest BCUT2D eigenvalue weighted by Crippen LogP contribution is -2.06. The predicted molar refractivity (Wildman–Crippen MR) is 43.1 cm³/mol. The van der Waals surface area contributed by atoms with Crippen molar-refractivity contribution >= 4 is 17.5 Å². The molecule has 60 valence electrons. The molecule has 4 nitrogen and oxygen atoms in total. The maximum Gasteiger partial charge on any atom is 0.293 e. The molecule has 1 aromatic rings. The highest BCUT2D eigenvalue weighted by Crippen LogP contribution is 2.07. The molecule has 0 aliphatic carbocycles. The molecule has 12 heavy (non-hydrogen) atoms. The van der Waals surface area contributed by atoms with Gasteiger partial charge in [-0.2, -0.15) is 0 Å². The van der Waals surface area contributed by atoms with Crippen LogP contribution in [-0.2, 0) is 4.79 Å². The van der Waals surface area contributed by atoms with Gasteiger partial charge in [-0.15, -0.1) is 0 Å². The van der Waals surface area contributed by atoms with Crippen LogP contribution in [0, 0.1) is 11.8 Å². The summed E-state index contributed by atoms with van der Waals surface area (Å²) in [5.41, 5.74) is 5.18. The maximum atomic E-state index is 10.2. The lowest BCUT2D eigenvalue weighted by Gasteiger charge is -1.89. The van der Waals surface area contributed by atoms with Crippen molar-refractivity contribution < 1.29 is 4.79 Å². The molecule has 0 saturated heterocycles. The molecule has 0 aliphatic rings. The number of nitrogens with zero attached hydrogens (tertiary/aromatic N) is 2. The van der Waals surface area contributed by atoms with Crippen LogP contribution in [0.25, 0.3) is 0 Å². The third-order valence-corrected chi connectivity index (χ3v) is 1.29. The van der Waals surface area contributed by atoms with Crippen LogP contribution in [0.3, 0.4) is 0 Å². The number of primary amides is 1. The molecule has 2 N–H and O–H groups in total. The first kappa shape index (κ1) is 8.50. The Kier molecular flexibility index (Phi) is 2.62. The molecule has 1 amide bonds. The number of hydrogen-bond donors (Lipinski definition) is 1. The number of halogens is 1. The van der Waals surface area contributed by atoms with Crippen LogP contribution in [0.4, 0.5) is 0 Å². The van der Waals surface area contributed by atoms with Gasteiger partial charge in [0, 0.05) is 12.1 Å². The predicted octanol–water partition coefficient (Wildman–Crippen LogP) is -0.0332. The first-order valence-electron chi connectivity index (χ1n) is 2.97. The molecule has 0 bridgehead atoms. The van der Waals surface area contributed by atoms with E-state index in [0.29, 0.717) is 5.56 Å². The van der Waals surface area contributed by atoms with Crippen LogP contribution in [0.5, 0.6) is 0 Å². The van der Waals surface area contributed by atoms with Crippen molar-refractivity contribution in [2.24, 2.45) is 5.73 Å². The summed E-state index contributed by atoms with van der Waals surface area (Å²) < 4.78 is 0. The van der Waals surface area contributed by atoms with E-state index in [1.165, 1.54) is 12.5 Å². The topological polar surface area (TPSA) is 68.9 Å². The highest BCUT2D eigenvalue weighted by atomic mass is 35.5. The van der Waals surface area contributed by atoms with E-state index in [1.54, 1.807) is 0 Å². The van der Waals surface area contributed by atoms with Gasteiger partial charge in [0.1, 0.15) is 11.5 Å². The largest absolute Gasteiger partial charge is 0.359 e. The minimum Gasteiger partial charge on any atom is -0.359 e. The van der Waals surface area contributed by atoms with E-state index in [2.05, 4.69) is 21.8 Å². The Morgan fingerprint density at radius 2 is 2.42 bits per heavy atom. The van der Waals surface area contributed by atoms with E-state index in [4.69, 9.17) is 17.3 Å². The van der Waals surface area contributed by atoms with Crippen molar-refractivity contribution in [1.82, 2.24) is 9.97 Å². The van der Waals surface area contributed by atoms with Gasteiger partial charge in [0.05, 0.1) is 5.56 Å². The SMILES string of the molecule is NC(=O)C#Cc1cncnc1Cl. The van der Waals surface area contributed by atoms with E-state index in [1.807, 2.05) is 0 Å². The molecule has 0 atom stereocenters. The Bertz CT molecular complexity index is 366. The van der Waals surface area contributed by atoms with Crippen molar-refractivity contribution in [3.63, 3.8) is 0 Å². The van der Waals surface area contributed by atoms with Gasteiger partial charge in [-0.25, -0.2) is 9.97 Å². The van der Waals surface area contributed by atoms with Gasteiger partial charge in [-0.1, -0.05) is 17.5 Å². The fourth-order valence-corrected chi connectivity index (χ4v) is 0.667. The van der Waals surface area contributed by atoms with Crippen LogP contribution >= 0.6 is 11.6 Å². The molecular weight excluding hydrogens is 178 g/mol. The van der Waals surface area contributed by atoms with Crippen molar-refractivity contribution in [1.29, 1.82) is 0 Å². The monoisotopic (exact) mass is 181 g/mol. The third-order valence-electron chi connectivity index (χ3n) is 0.984. The Balaban J connectivity index is 2.99. The van der Waals surface area contributed by atoms with Gasteiger partial charge in [0.2, 0.25) is 0 Å². The van der Waals surface area contributed by atoms with Crippen LogP contribution in [-0.4, -0.2) is 15.9 Å².